The van der Waals surface area contributed by atoms with Crippen molar-refractivity contribution in [1.29, 1.82) is 0 Å². The zero-order valence-electron chi connectivity index (χ0n) is 15.7. The molecular weight excluding hydrogens is 398 g/mol. The van der Waals surface area contributed by atoms with E-state index in [9.17, 15) is 8.42 Å². The SMILES string of the molecule is Cc1cccc(-c2noc(CSc3nnc(CC4CCS(=O)(=O)C4)n3C)n2)c1. The topological polar surface area (TPSA) is 104 Å². The van der Waals surface area contributed by atoms with Crippen LogP contribution in [0, 0.1) is 12.8 Å². The number of hydrogen-bond acceptors (Lipinski definition) is 8. The first kappa shape index (κ1) is 19.1. The lowest BCUT2D eigenvalue weighted by atomic mass is 10.1. The van der Waals surface area contributed by atoms with E-state index in [2.05, 4.69) is 20.3 Å². The lowest BCUT2D eigenvalue weighted by Crippen LogP contribution is -2.11. The van der Waals surface area contributed by atoms with E-state index in [1.54, 1.807) is 0 Å². The van der Waals surface area contributed by atoms with Crippen LogP contribution >= 0.6 is 11.8 Å². The van der Waals surface area contributed by atoms with Gasteiger partial charge in [0, 0.05) is 19.0 Å². The molecule has 1 saturated heterocycles. The fourth-order valence-corrected chi connectivity index (χ4v) is 5.91. The zero-order valence-corrected chi connectivity index (χ0v) is 17.3. The second kappa shape index (κ2) is 7.67. The zero-order chi connectivity index (χ0) is 19.7. The first-order valence-corrected chi connectivity index (χ1v) is 11.8. The summed E-state index contributed by atoms with van der Waals surface area (Å²) >= 11 is 1.47. The van der Waals surface area contributed by atoms with Crippen molar-refractivity contribution < 1.29 is 12.9 Å². The third-order valence-corrected chi connectivity index (χ3v) is 7.63. The maximum absolute atomic E-state index is 11.6. The van der Waals surface area contributed by atoms with E-state index in [0.29, 0.717) is 30.3 Å². The number of rotatable bonds is 6. The molecule has 0 saturated carbocycles. The molecule has 2 aromatic heterocycles. The van der Waals surface area contributed by atoms with Gasteiger partial charge in [-0.3, -0.25) is 0 Å². The van der Waals surface area contributed by atoms with E-state index in [-0.39, 0.29) is 17.4 Å². The highest BCUT2D eigenvalue weighted by Crippen LogP contribution is 2.26. The van der Waals surface area contributed by atoms with Gasteiger partial charge >= 0.3 is 0 Å². The molecule has 0 N–H and O–H groups in total. The summed E-state index contributed by atoms with van der Waals surface area (Å²) in [5.41, 5.74) is 2.06. The van der Waals surface area contributed by atoms with Gasteiger partial charge in [-0.2, -0.15) is 4.98 Å². The van der Waals surface area contributed by atoms with Crippen molar-refractivity contribution in [3.8, 4) is 11.4 Å². The third-order valence-electron chi connectivity index (χ3n) is 4.79. The molecule has 0 bridgehead atoms. The average molecular weight is 420 g/mol. The molecule has 1 atom stereocenters. The summed E-state index contributed by atoms with van der Waals surface area (Å²) in [5, 5.41) is 13.2. The van der Waals surface area contributed by atoms with Crippen molar-refractivity contribution in [2.45, 2.75) is 30.7 Å². The Morgan fingerprint density at radius 1 is 1.32 bits per heavy atom. The molecule has 10 heteroatoms. The predicted octanol–water partition coefficient (Wildman–Crippen LogP) is 2.44. The molecule has 28 heavy (non-hydrogen) atoms. The predicted molar refractivity (Wildman–Crippen MR) is 105 cm³/mol. The molecule has 1 aromatic carbocycles. The Morgan fingerprint density at radius 3 is 2.93 bits per heavy atom. The van der Waals surface area contributed by atoms with E-state index < -0.39 is 9.84 Å². The van der Waals surface area contributed by atoms with Crippen LogP contribution in [0.1, 0.15) is 23.7 Å². The molecule has 3 heterocycles. The van der Waals surface area contributed by atoms with Crippen LogP contribution in [0.2, 0.25) is 0 Å². The highest BCUT2D eigenvalue weighted by atomic mass is 32.2. The molecule has 0 radical (unpaired) electrons. The molecule has 1 unspecified atom stereocenters. The van der Waals surface area contributed by atoms with Crippen LogP contribution in [0.25, 0.3) is 11.4 Å². The molecule has 148 valence electrons. The highest BCUT2D eigenvalue weighted by Gasteiger charge is 2.29. The highest BCUT2D eigenvalue weighted by molar-refractivity contribution is 7.98. The fraction of sp³-hybridized carbons (Fsp3) is 0.444. The van der Waals surface area contributed by atoms with Crippen LogP contribution in [0.15, 0.2) is 33.9 Å². The summed E-state index contributed by atoms with van der Waals surface area (Å²) in [5.74, 6) is 3.02. The van der Waals surface area contributed by atoms with Crippen LogP contribution in [0.4, 0.5) is 0 Å². The van der Waals surface area contributed by atoms with Crippen molar-refractivity contribution in [2.24, 2.45) is 13.0 Å². The van der Waals surface area contributed by atoms with Gasteiger partial charge in [0.05, 0.1) is 17.3 Å². The van der Waals surface area contributed by atoms with Crippen molar-refractivity contribution in [1.82, 2.24) is 24.9 Å². The minimum atomic E-state index is -2.88. The molecule has 0 spiro atoms. The monoisotopic (exact) mass is 419 g/mol. The van der Waals surface area contributed by atoms with Gasteiger partial charge in [0.2, 0.25) is 11.7 Å². The standard InChI is InChI=1S/C18H21N5O3S2/c1-12-4-3-5-14(8-12)17-19-16(26-22-17)10-27-18-21-20-15(23(18)2)9-13-6-7-28(24,25)11-13/h3-5,8,13H,6-7,9-11H2,1-2H3. The second-order valence-corrected chi connectivity index (χ2v) is 10.3. The first-order chi connectivity index (χ1) is 13.4. The van der Waals surface area contributed by atoms with Crippen LogP contribution in [0.5, 0.6) is 0 Å². The van der Waals surface area contributed by atoms with Gasteiger partial charge in [0.25, 0.3) is 0 Å². The van der Waals surface area contributed by atoms with E-state index in [1.807, 2.05) is 42.8 Å². The Bertz CT molecular complexity index is 1090. The summed E-state index contributed by atoms with van der Waals surface area (Å²) in [6.45, 7) is 2.02. The van der Waals surface area contributed by atoms with E-state index in [0.717, 1.165) is 22.1 Å². The Kier molecular flexibility index (Phi) is 5.24. The molecular formula is C18H21N5O3S2. The van der Waals surface area contributed by atoms with Crippen LogP contribution < -0.4 is 0 Å². The van der Waals surface area contributed by atoms with Crippen LogP contribution in [0.3, 0.4) is 0 Å². The maximum atomic E-state index is 11.6. The number of thioether (sulfide) groups is 1. The van der Waals surface area contributed by atoms with Crippen LogP contribution in [-0.2, 0) is 29.1 Å². The first-order valence-electron chi connectivity index (χ1n) is 9.01. The van der Waals surface area contributed by atoms with Crippen LogP contribution in [-0.4, -0.2) is 44.8 Å². The number of sulfone groups is 1. The van der Waals surface area contributed by atoms with Crippen molar-refractivity contribution in [3.05, 3.63) is 41.5 Å². The summed E-state index contributed by atoms with van der Waals surface area (Å²) in [7, 11) is -0.986. The minimum absolute atomic E-state index is 0.124. The van der Waals surface area contributed by atoms with Gasteiger partial charge < -0.3 is 9.09 Å². The van der Waals surface area contributed by atoms with Crippen molar-refractivity contribution >= 4 is 21.6 Å². The van der Waals surface area contributed by atoms with Crippen molar-refractivity contribution in [2.75, 3.05) is 11.5 Å². The summed E-state index contributed by atoms with van der Waals surface area (Å²) in [6.07, 6.45) is 1.32. The van der Waals surface area contributed by atoms with Gasteiger partial charge in [-0.15, -0.1) is 10.2 Å². The number of hydrogen-bond donors (Lipinski definition) is 0. The molecule has 1 aliphatic rings. The van der Waals surface area contributed by atoms with Crippen molar-refractivity contribution in [3.63, 3.8) is 0 Å². The summed E-state index contributed by atoms with van der Waals surface area (Å²) in [4.78, 5) is 4.45. The molecule has 3 aromatic rings. The Balaban J connectivity index is 1.39. The number of aryl methyl sites for hydroxylation is 1. The Hall–Kier alpha value is -2.20. The number of aromatic nitrogens is 5. The second-order valence-electron chi connectivity index (χ2n) is 7.10. The smallest absolute Gasteiger partial charge is 0.237 e. The lowest BCUT2D eigenvalue weighted by molar-refractivity contribution is 0.391. The van der Waals surface area contributed by atoms with Gasteiger partial charge in [0.15, 0.2) is 15.0 Å². The number of nitrogens with zero attached hydrogens (tertiary/aromatic N) is 5. The fourth-order valence-electron chi connectivity index (χ4n) is 3.28. The average Bonchev–Trinajstić information content (AvgIpc) is 3.34. The molecule has 1 fully saturated rings. The Labute approximate surface area is 167 Å². The summed E-state index contributed by atoms with van der Waals surface area (Å²) < 4.78 is 30.5. The van der Waals surface area contributed by atoms with E-state index in [1.165, 1.54) is 11.8 Å². The van der Waals surface area contributed by atoms with Gasteiger partial charge in [-0.1, -0.05) is 40.7 Å². The minimum Gasteiger partial charge on any atom is -0.338 e. The molecule has 0 amide bonds. The van der Waals surface area contributed by atoms with E-state index in [4.69, 9.17) is 4.52 Å². The van der Waals surface area contributed by atoms with Gasteiger partial charge in [-0.25, -0.2) is 8.42 Å². The lowest BCUT2D eigenvalue weighted by Gasteiger charge is -2.07. The quantitative estimate of drug-likeness (QED) is 0.561. The van der Waals surface area contributed by atoms with Gasteiger partial charge in [-0.05, 0) is 25.3 Å². The maximum Gasteiger partial charge on any atom is 0.237 e. The Morgan fingerprint density at radius 2 is 2.18 bits per heavy atom. The summed E-state index contributed by atoms with van der Waals surface area (Å²) in [6, 6.07) is 7.95. The normalized spacial score (nSPS) is 18.6. The molecule has 0 aliphatic carbocycles. The largest absolute Gasteiger partial charge is 0.338 e. The number of benzene rings is 1. The van der Waals surface area contributed by atoms with Gasteiger partial charge in [0.1, 0.15) is 5.82 Å². The molecule has 1 aliphatic heterocycles. The third kappa shape index (κ3) is 4.27. The van der Waals surface area contributed by atoms with E-state index >= 15 is 0 Å². The molecule has 8 nitrogen and oxygen atoms in total. The molecule has 4 rings (SSSR count).